The van der Waals surface area contributed by atoms with E-state index in [1.807, 2.05) is 0 Å². The van der Waals surface area contributed by atoms with E-state index < -0.39 is 0 Å². The Morgan fingerprint density at radius 3 is 2.35 bits per heavy atom. The lowest BCUT2D eigenvalue weighted by Gasteiger charge is -2.41. The van der Waals surface area contributed by atoms with Gasteiger partial charge in [-0.15, -0.1) is 0 Å². The standard InChI is InChI=1S/C14H29N3/c1-4-14(6-5-7-15-14)12-16-8-10-17(11-9-16)13(2)3/h13,15H,4-12H2,1-3H3. The second-order valence-electron chi connectivity index (χ2n) is 6.07. The Morgan fingerprint density at radius 2 is 1.88 bits per heavy atom. The molecule has 17 heavy (non-hydrogen) atoms. The van der Waals surface area contributed by atoms with E-state index in [9.17, 15) is 0 Å². The Kier molecular flexibility index (Phi) is 4.45. The molecule has 1 unspecified atom stereocenters. The summed E-state index contributed by atoms with van der Waals surface area (Å²) in [5.74, 6) is 0. The number of piperazine rings is 1. The van der Waals surface area contributed by atoms with E-state index in [0.717, 1.165) is 0 Å². The lowest BCUT2D eigenvalue weighted by atomic mass is 9.93. The van der Waals surface area contributed by atoms with Crippen molar-refractivity contribution in [1.29, 1.82) is 0 Å². The van der Waals surface area contributed by atoms with Crippen LogP contribution in [0.1, 0.15) is 40.0 Å². The lowest BCUT2D eigenvalue weighted by Crippen LogP contribution is -2.55. The highest BCUT2D eigenvalue weighted by Gasteiger charge is 2.34. The van der Waals surface area contributed by atoms with Crippen molar-refractivity contribution in [2.75, 3.05) is 39.3 Å². The van der Waals surface area contributed by atoms with Gasteiger partial charge in [-0.05, 0) is 39.7 Å². The first kappa shape index (κ1) is 13.3. The molecule has 0 aromatic carbocycles. The number of hydrogen-bond acceptors (Lipinski definition) is 3. The summed E-state index contributed by atoms with van der Waals surface area (Å²) in [6.45, 7) is 14.4. The van der Waals surface area contributed by atoms with Crippen molar-refractivity contribution in [2.45, 2.75) is 51.6 Å². The third-order valence-electron chi connectivity index (χ3n) is 4.67. The summed E-state index contributed by atoms with van der Waals surface area (Å²) in [6.07, 6.45) is 4.01. The topological polar surface area (TPSA) is 18.5 Å². The summed E-state index contributed by atoms with van der Waals surface area (Å²) in [5, 5.41) is 3.75. The van der Waals surface area contributed by atoms with Gasteiger partial charge in [-0.25, -0.2) is 0 Å². The minimum atomic E-state index is 0.431. The van der Waals surface area contributed by atoms with Crippen molar-refractivity contribution >= 4 is 0 Å². The van der Waals surface area contributed by atoms with Gasteiger partial charge in [0, 0.05) is 44.3 Å². The largest absolute Gasteiger partial charge is 0.310 e. The van der Waals surface area contributed by atoms with Gasteiger partial charge in [-0.3, -0.25) is 9.80 Å². The Hall–Kier alpha value is -0.120. The highest BCUT2D eigenvalue weighted by molar-refractivity contribution is 4.95. The van der Waals surface area contributed by atoms with Crippen LogP contribution in [-0.2, 0) is 0 Å². The third kappa shape index (κ3) is 3.21. The van der Waals surface area contributed by atoms with Crippen LogP contribution < -0.4 is 5.32 Å². The maximum absolute atomic E-state index is 3.75. The lowest BCUT2D eigenvalue weighted by molar-refractivity contribution is 0.0859. The summed E-state index contributed by atoms with van der Waals surface area (Å²) in [4.78, 5) is 5.26. The minimum absolute atomic E-state index is 0.431. The summed E-state index contributed by atoms with van der Waals surface area (Å²) >= 11 is 0. The van der Waals surface area contributed by atoms with Gasteiger partial charge in [-0.2, -0.15) is 0 Å². The Bertz CT molecular complexity index is 226. The minimum Gasteiger partial charge on any atom is -0.310 e. The zero-order valence-corrected chi connectivity index (χ0v) is 11.8. The molecule has 0 radical (unpaired) electrons. The molecule has 2 saturated heterocycles. The molecule has 1 atom stereocenters. The van der Waals surface area contributed by atoms with Gasteiger partial charge >= 0.3 is 0 Å². The quantitative estimate of drug-likeness (QED) is 0.803. The van der Waals surface area contributed by atoms with E-state index >= 15 is 0 Å². The van der Waals surface area contributed by atoms with Gasteiger partial charge < -0.3 is 5.32 Å². The van der Waals surface area contributed by atoms with Crippen LogP contribution in [-0.4, -0.2) is 60.6 Å². The number of rotatable bonds is 4. The summed E-state index contributed by atoms with van der Waals surface area (Å²) in [5.41, 5.74) is 0.431. The fraction of sp³-hybridized carbons (Fsp3) is 1.00. The van der Waals surface area contributed by atoms with Gasteiger partial charge in [0.2, 0.25) is 0 Å². The molecule has 0 saturated carbocycles. The molecule has 3 heteroatoms. The van der Waals surface area contributed by atoms with Crippen LogP contribution in [0.25, 0.3) is 0 Å². The maximum Gasteiger partial charge on any atom is 0.0306 e. The molecule has 0 bridgehead atoms. The average molecular weight is 239 g/mol. The molecular formula is C14H29N3. The van der Waals surface area contributed by atoms with Crippen LogP contribution in [0.3, 0.4) is 0 Å². The molecule has 0 spiro atoms. The summed E-state index contributed by atoms with van der Waals surface area (Å²) < 4.78 is 0. The van der Waals surface area contributed by atoms with Crippen molar-refractivity contribution in [3.63, 3.8) is 0 Å². The fourth-order valence-electron chi connectivity index (χ4n) is 3.28. The van der Waals surface area contributed by atoms with Crippen molar-refractivity contribution in [2.24, 2.45) is 0 Å². The zero-order chi connectivity index (χ0) is 12.3. The summed E-state index contributed by atoms with van der Waals surface area (Å²) in [7, 11) is 0. The molecule has 1 N–H and O–H groups in total. The van der Waals surface area contributed by atoms with Crippen LogP contribution >= 0.6 is 0 Å². The Morgan fingerprint density at radius 1 is 1.18 bits per heavy atom. The predicted molar refractivity (Wildman–Crippen MR) is 73.4 cm³/mol. The van der Waals surface area contributed by atoms with Gasteiger partial charge in [0.05, 0.1) is 0 Å². The second-order valence-corrected chi connectivity index (χ2v) is 6.07. The fourth-order valence-corrected chi connectivity index (χ4v) is 3.28. The number of nitrogens with one attached hydrogen (secondary N) is 1. The number of nitrogens with zero attached hydrogens (tertiary/aromatic N) is 2. The van der Waals surface area contributed by atoms with E-state index in [-0.39, 0.29) is 0 Å². The molecule has 2 rings (SSSR count). The third-order valence-corrected chi connectivity index (χ3v) is 4.67. The van der Waals surface area contributed by atoms with Crippen molar-refractivity contribution in [3.05, 3.63) is 0 Å². The van der Waals surface area contributed by atoms with Crippen LogP contribution in [0.15, 0.2) is 0 Å². The molecule has 3 nitrogen and oxygen atoms in total. The van der Waals surface area contributed by atoms with Crippen LogP contribution in [0.4, 0.5) is 0 Å². The predicted octanol–water partition coefficient (Wildman–Crippen LogP) is 1.54. The second kappa shape index (κ2) is 5.68. The van der Waals surface area contributed by atoms with E-state index in [1.165, 1.54) is 58.5 Å². The first-order valence-corrected chi connectivity index (χ1v) is 7.37. The van der Waals surface area contributed by atoms with E-state index in [0.29, 0.717) is 11.6 Å². The average Bonchev–Trinajstić information content (AvgIpc) is 2.79. The normalized spacial score (nSPS) is 32.5. The molecule has 2 aliphatic heterocycles. The summed E-state index contributed by atoms with van der Waals surface area (Å²) in [6, 6.07) is 0.710. The molecule has 0 aliphatic carbocycles. The smallest absolute Gasteiger partial charge is 0.0306 e. The van der Waals surface area contributed by atoms with Gasteiger partial charge in [0.25, 0.3) is 0 Å². The maximum atomic E-state index is 3.75. The number of hydrogen-bond donors (Lipinski definition) is 1. The molecular weight excluding hydrogens is 210 g/mol. The van der Waals surface area contributed by atoms with Gasteiger partial charge in [0.15, 0.2) is 0 Å². The van der Waals surface area contributed by atoms with E-state index in [4.69, 9.17) is 0 Å². The molecule has 100 valence electrons. The van der Waals surface area contributed by atoms with Crippen LogP contribution in [0.5, 0.6) is 0 Å². The van der Waals surface area contributed by atoms with Gasteiger partial charge in [0.1, 0.15) is 0 Å². The van der Waals surface area contributed by atoms with Crippen molar-refractivity contribution < 1.29 is 0 Å². The Labute approximate surface area is 107 Å². The Balaban J connectivity index is 1.81. The monoisotopic (exact) mass is 239 g/mol. The van der Waals surface area contributed by atoms with E-state index in [2.05, 4.69) is 35.9 Å². The first-order chi connectivity index (χ1) is 8.15. The highest BCUT2D eigenvalue weighted by Crippen LogP contribution is 2.24. The van der Waals surface area contributed by atoms with E-state index in [1.54, 1.807) is 0 Å². The zero-order valence-electron chi connectivity index (χ0n) is 11.8. The van der Waals surface area contributed by atoms with Crippen LogP contribution in [0, 0.1) is 0 Å². The van der Waals surface area contributed by atoms with Crippen molar-refractivity contribution in [3.8, 4) is 0 Å². The molecule has 0 aromatic rings. The molecule has 0 aromatic heterocycles. The molecule has 2 aliphatic rings. The van der Waals surface area contributed by atoms with Crippen molar-refractivity contribution in [1.82, 2.24) is 15.1 Å². The molecule has 2 fully saturated rings. The molecule has 2 heterocycles. The first-order valence-electron chi connectivity index (χ1n) is 7.37. The molecule has 0 amide bonds. The van der Waals surface area contributed by atoms with Crippen LogP contribution in [0.2, 0.25) is 0 Å². The SMILES string of the molecule is CCC1(CN2CCN(C(C)C)CC2)CCCN1. The van der Waals surface area contributed by atoms with Gasteiger partial charge in [-0.1, -0.05) is 6.92 Å². The highest BCUT2D eigenvalue weighted by atomic mass is 15.3.